The average molecular weight is 231 g/mol. The van der Waals surface area contributed by atoms with E-state index in [1.54, 1.807) is 0 Å². The molecule has 0 aromatic heterocycles. The van der Waals surface area contributed by atoms with Gasteiger partial charge >= 0.3 is 0 Å². The number of carbonyl (C=O) groups is 1. The number of aryl methyl sites for hydroxylation is 1. The van der Waals surface area contributed by atoms with Crippen LogP contribution in [0, 0.1) is 5.41 Å². The third-order valence-electron chi connectivity index (χ3n) is 3.90. The zero-order valence-electron chi connectivity index (χ0n) is 9.87. The Kier molecular flexibility index (Phi) is 2.44. The largest absolute Gasteiger partial charge is 0.493 e. The first kappa shape index (κ1) is 10.8. The summed E-state index contributed by atoms with van der Waals surface area (Å²) < 4.78 is 5.68. The molecule has 0 saturated heterocycles. The Bertz CT molecular complexity index is 463. The highest BCUT2D eigenvalue weighted by atomic mass is 16.5. The smallest absolute Gasteiger partial charge is 0.173 e. The van der Waals surface area contributed by atoms with E-state index in [4.69, 9.17) is 10.5 Å². The van der Waals surface area contributed by atoms with Gasteiger partial charge in [0.15, 0.2) is 5.78 Å². The van der Waals surface area contributed by atoms with Crippen LogP contribution in [0.4, 0.5) is 0 Å². The summed E-state index contributed by atoms with van der Waals surface area (Å²) >= 11 is 0. The summed E-state index contributed by atoms with van der Waals surface area (Å²) in [4.78, 5) is 12.5. The highest BCUT2D eigenvalue weighted by Crippen LogP contribution is 2.48. The monoisotopic (exact) mass is 231 g/mol. The van der Waals surface area contributed by atoms with Gasteiger partial charge in [0.1, 0.15) is 5.75 Å². The molecule has 0 radical (unpaired) electrons. The van der Waals surface area contributed by atoms with Crippen molar-refractivity contribution in [1.82, 2.24) is 0 Å². The van der Waals surface area contributed by atoms with Crippen molar-refractivity contribution < 1.29 is 9.53 Å². The highest BCUT2D eigenvalue weighted by Gasteiger charge is 2.49. The zero-order chi connectivity index (χ0) is 11.9. The first-order valence-corrected chi connectivity index (χ1v) is 6.26. The number of hydrogen-bond donors (Lipinski definition) is 1. The minimum absolute atomic E-state index is 0.179. The van der Waals surface area contributed by atoms with Crippen LogP contribution in [0.1, 0.15) is 35.2 Å². The van der Waals surface area contributed by atoms with Crippen LogP contribution in [0.15, 0.2) is 18.2 Å². The average Bonchev–Trinajstić information content (AvgIpc) is 3.18. The molecule has 1 fully saturated rings. The van der Waals surface area contributed by atoms with Gasteiger partial charge in [0.25, 0.3) is 0 Å². The molecule has 1 aromatic rings. The van der Waals surface area contributed by atoms with Gasteiger partial charge in [0, 0.05) is 12.0 Å². The van der Waals surface area contributed by atoms with Crippen molar-refractivity contribution in [3.05, 3.63) is 29.3 Å². The fraction of sp³-hybridized carbons (Fsp3) is 0.500. The number of nitrogens with two attached hydrogens (primary N) is 1. The Labute approximate surface area is 101 Å². The second-order valence-corrected chi connectivity index (χ2v) is 5.06. The number of benzene rings is 1. The number of ether oxygens (including phenoxy) is 1. The minimum Gasteiger partial charge on any atom is -0.493 e. The van der Waals surface area contributed by atoms with Gasteiger partial charge in [-0.3, -0.25) is 4.79 Å². The van der Waals surface area contributed by atoms with Crippen LogP contribution >= 0.6 is 0 Å². The molecule has 1 heterocycles. The summed E-state index contributed by atoms with van der Waals surface area (Å²) in [6.07, 6.45) is 3.89. The van der Waals surface area contributed by atoms with E-state index in [0.717, 1.165) is 42.6 Å². The Balaban J connectivity index is 2.00. The van der Waals surface area contributed by atoms with Crippen LogP contribution in [0.2, 0.25) is 0 Å². The maximum absolute atomic E-state index is 12.5. The van der Waals surface area contributed by atoms with Gasteiger partial charge in [0.2, 0.25) is 0 Å². The molecule has 1 aliphatic heterocycles. The van der Waals surface area contributed by atoms with Crippen molar-refractivity contribution in [2.45, 2.75) is 25.7 Å². The summed E-state index contributed by atoms with van der Waals surface area (Å²) in [6, 6.07) is 5.88. The molecule has 2 aliphatic rings. The van der Waals surface area contributed by atoms with E-state index in [9.17, 15) is 4.79 Å². The summed E-state index contributed by atoms with van der Waals surface area (Å²) in [7, 11) is 0. The van der Waals surface area contributed by atoms with E-state index < -0.39 is 0 Å². The Morgan fingerprint density at radius 2 is 2.24 bits per heavy atom. The van der Waals surface area contributed by atoms with Gasteiger partial charge in [-0.2, -0.15) is 0 Å². The zero-order valence-corrected chi connectivity index (χ0v) is 9.87. The van der Waals surface area contributed by atoms with Crippen LogP contribution in [0.3, 0.4) is 0 Å². The van der Waals surface area contributed by atoms with E-state index in [-0.39, 0.29) is 11.2 Å². The lowest BCUT2D eigenvalue weighted by atomic mass is 9.91. The predicted molar refractivity (Wildman–Crippen MR) is 65.3 cm³/mol. The SMILES string of the molecule is NCC1(C(=O)c2cccc3c2OCCC3)CC1. The molecule has 3 heteroatoms. The molecule has 1 aliphatic carbocycles. The van der Waals surface area contributed by atoms with Crippen LogP contribution in [0.5, 0.6) is 5.75 Å². The van der Waals surface area contributed by atoms with Crippen molar-refractivity contribution in [1.29, 1.82) is 0 Å². The van der Waals surface area contributed by atoms with E-state index in [1.807, 2.05) is 18.2 Å². The molecule has 0 unspecified atom stereocenters. The Morgan fingerprint density at radius 1 is 1.41 bits per heavy atom. The fourth-order valence-corrected chi connectivity index (χ4v) is 2.53. The van der Waals surface area contributed by atoms with Crippen molar-refractivity contribution >= 4 is 5.78 Å². The van der Waals surface area contributed by atoms with Crippen LogP contribution in [-0.4, -0.2) is 18.9 Å². The van der Waals surface area contributed by atoms with Crippen molar-refractivity contribution in [3.8, 4) is 5.75 Å². The van der Waals surface area contributed by atoms with Gasteiger partial charge < -0.3 is 10.5 Å². The molecular formula is C14H17NO2. The number of para-hydroxylation sites is 1. The van der Waals surface area contributed by atoms with Crippen LogP contribution in [-0.2, 0) is 6.42 Å². The number of ketones is 1. The molecule has 1 saturated carbocycles. The van der Waals surface area contributed by atoms with E-state index in [2.05, 4.69) is 0 Å². The molecule has 3 nitrogen and oxygen atoms in total. The molecule has 2 N–H and O–H groups in total. The maximum Gasteiger partial charge on any atom is 0.173 e. The summed E-state index contributed by atoms with van der Waals surface area (Å²) in [6.45, 7) is 1.17. The third-order valence-corrected chi connectivity index (χ3v) is 3.90. The molecule has 0 amide bonds. The third kappa shape index (κ3) is 1.65. The number of carbonyl (C=O) groups excluding carboxylic acids is 1. The summed E-state index contributed by atoms with van der Waals surface area (Å²) in [5.74, 6) is 0.988. The molecule has 90 valence electrons. The maximum atomic E-state index is 12.5. The molecule has 17 heavy (non-hydrogen) atoms. The first-order valence-electron chi connectivity index (χ1n) is 6.26. The van der Waals surface area contributed by atoms with E-state index in [0.29, 0.717) is 13.2 Å². The normalized spacial score (nSPS) is 20.3. The lowest BCUT2D eigenvalue weighted by molar-refractivity contribution is 0.0900. The van der Waals surface area contributed by atoms with Crippen LogP contribution < -0.4 is 10.5 Å². The number of fused-ring (bicyclic) bond motifs is 1. The van der Waals surface area contributed by atoms with Gasteiger partial charge in [0.05, 0.1) is 12.2 Å². The van der Waals surface area contributed by atoms with Crippen LogP contribution in [0.25, 0.3) is 0 Å². The summed E-state index contributed by atoms with van der Waals surface area (Å²) in [5, 5.41) is 0. The Morgan fingerprint density at radius 3 is 2.94 bits per heavy atom. The quantitative estimate of drug-likeness (QED) is 0.809. The number of Topliss-reactive ketones (excluding diaryl/α,β-unsaturated/α-hetero) is 1. The standard InChI is InChI=1S/C14H17NO2/c15-9-14(6-7-14)13(16)11-5-1-3-10-4-2-8-17-12(10)11/h1,3,5H,2,4,6-9,15H2. The van der Waals surface area contributed by atoms with Crippen molar-refractivity contribution in [2.75, 3.05) is 13.2 Å². The minimum atomic E-state index is -0.282. The number of rotatable bonds is 3. The van der Waals surface area contributed by atoms with E-state index >= 15 is 0 Å². The van der Waals surface area contributed by atoms with Gasteiger partial charge in [-0.25, -0.2) is 0 Å². The number of hydrogen-bond acceptors (Lipinski definition) is 3. The second kappa shape index (κ2) is 3.84. The molecule has 3 rings (SSSR count). The Hall–Kier alpha value is -1.35. The summed E-state index contributed by atoms with van der Waals surface area (Å²) in [5.41, 5.74) is 7.34. The molecular weight excluding hydrogens is 214 g/mol. The predicted octanol–water partition coefficient (Wildman–Crippen LogP) is 1.93. The lowest BCUT2D eigenvalue weighted by Gasteiger charge is -2.21. The van der Waals surface area contributed by atoms with E-state index in [1.165, 1.54) is 0 Å². The fourth-order valence-electron chi connectivity index (χ4n) is 2.53. The van der Waals surface area contributed by atoms with Crippen molar-refractivity contribution in [2.24, 2.45) is 11.1 Å². The van der Waals surface area contributed by atoms with Gasteiger partial charge in [-0.05, 0) is 37.3 Å². The molecule has 0 spiro atoms. The highest BCUT2D eigenvalue weighted by molar-refractivity contribution is 6.04. The molecule has 1 aromatic carbocycles. The van der Waals surface area contributed by atoms with Crippen molar-refractivity contribution in [3.63, 3.8) is 0 Å². The molecule has 0 bridgehead atoms. The molecule has 0 atom stereocenters. The topological polar surface area (TPSA) is 52.3 Å². The van der Waals surface area contributed by atoms with Gasteiger partial charge in [-0.15, -0.1) is 0 Å². The van der Waals surface area contributed by atoms with Gasteiger partial charge in [-0.1, -0.05) is 12.1 Å². The first-order chi connectivity index (χ1) is 8.27. The lowest BCUT2D eigenvalue weighted by Crippen LogP contribution is -2.26. The second-order valence-electron chi connectivity index (χ2n) is 5.06.